The number of rotatable bonds is 15. The van der Waals surface area contributed by atoms with Crippen molar-refractivity contribution in [3.63, 3.8) is 0 Å². The summed E-state index contributed by atoms with van der Waals surface area (Å²) in [6.45, 7) is 0. The van der Waals surface area contributed by atoms with E-state index in [2.05, 4.69) is 74.0 Å². The highest BCUT2D eigenvalue weighted by molar-refractivity contribution is 8.06. The minimum absolute atomic E-state index is 0.677. The zero-order chi connectivity index (χ0) is 15.1. The van der Waals surface area contributed by atoms with E-state index in [-0.39, 0.29) is 0 Å². The predicted octanol–water partition coefficient (Wildman–Crippen LogP) is 4.38. The second-order valence-electron chi connectivity index (χ2n) is 3.95. The Kier molecular flexibility index (Phi) is 20.7. The van der Waals surface area contributed by atoms with Gasteiger partial charge in [-0.3, -0.25) is 0 Å². The van der Waals surface area contributed by atoms with Crippen LogP contribution in [0.3, 0.4) is 0 Å². The van der Waals surface area contributed by atoms with Crippen LogP contribution in [-0.4, -0.2) is 68.0 Å². The van der Waals surface area contributed by atoms with Gasteiger partial charge in [0.1, 0.15) is 0 Å². The van der Waals surface area contributed by atoms with E-state index < -0.39 is 0 Å². The molecule has 8 heteroatoms. The lowest BCUT2D eigenvalue weighted by Gasteiger charge is -2.14. The summed E-state index contributed by atoms with van der Waals surface area (Å²) in [4.78, 5) is 0. The molecule has 0 aliphatic carbocycles. The molecule has 0 aromatic carbocycles. The zero-order valence-corrected chi connectivity index (χ0v) is 18.5. The minimum atomic E-state index is 0.677. The van der Waals surface area contributed by atoms with Crippen LogP contribution < -0.4 is 0 Å². The van der Waals surface area contributed by atoms with Gasteiger partial charge in [-0.1, -0.05) is 0 Å². The molecule has 0 aliphatic heterocycles. The fourth-order valence-corrected chi connectivity index (χ4v) is 7.64. The van der Waals surface area contributed by atoms with Crippen molar-refractivity contribution in [1.29, 1.82) is 0 Å². The first-order valence-corrected chi connectivity index (χ1v) is 13.5. The smallest absolute Gasteiger partial charge is 0.0226 e. The van der Waals surface area contributed by atoms with Crippen LogP contribution in [0.25, 0.3) is 0 Å². The molecule has 0 saturated carbocycles. The van der Waals surface area contributed by atoms with Crippen LogP contribution in [0.2, 0.25) is 0 Å². The summed E-state index contributed by atoms with van der Waals surface area (Å²) in [6, 6.07) is 0. The van der Waals surface area contributed by atoms with E-state index in [0.717, 1.165) is 34.5 Å². The van der Waals surface area contributed by atoms with Gasteiger partial charge in [0.15, 0.2) is 0 Å². The summed E-state index contributed by atoms with van der Waals surface area (Å²) in [7, 11) is 0. The molecule has 0 radical (unpaired) electrons. The normalized spacial score (nSPS) is 14.4. The first-order chi connectivity index (χ1) is 9.78. The van der Waals surface area contributed by atoms with Crippen molar-refractivity contribution in [2.75, 3.05) is 57.5 Å². The van der Waals surface area contributed by atoms with E-state index in [9.17, 15) is 0 Å². The Balaban J connectivity index is 3.45. The van der Waals surface area contributed by atoms with Gasteiger partial charge in [-0.15, -0.1) is 0 Å². The van der Waals surface area contributed by atoms with E-state index in [0.29, 0.717) is 10.5 Å². The quantitative estimate of drug-likeness (QED) is 0.226. The van der Waals surface area contributed by atoms with Crippen molar-refractivity contribution in [3.05, 3.63) is 0 Å². The average molecular weight is 427 g/mol. The Labute approximate surface area is 164 Å². The molecule has 0 aromatic heterocycles. The van der Waals surface area contributed by atoms with Crippen molar-refractivity contribution in [1.82, 2.24) is 0 Å². The Hall–Kier alpha value is 2.80. The second kappa shape index (κ2) is 18.1. The van der Waals surface area contributed by atoms with Crippen LogP contribution in [0.4, 0.5) is 0 Å². The van der Waals surface area contributed by atoms with Crippen molar-refractivity contribution in [3.8, 4) is 0 Å². The predicted molar refractivity (Wildman–Crippen MR) is 123 cm³/mol. The molecule has 0 nitrogen and oxygen atoms in total. The summed E-state index contributed by atoms with van der Waals surface area (Å²) >= 11 is 25.5. The molecule has 0 bridgehead atoms. The van der Waals surface area contributed by atoms with Crippen LogP contribution in [0.15, 0.2) is 0 Å². The maximum atomic E-state index is 4.42. The number of thiol groups is 4. The molecule has 20 heavy (non-hydrogen) atoms. The first-order valence-electron chi connectivity index (χ1n) is 6.60. The fraction of sp³-hybridized carbons (Fsp3) is 1.00. The van der Waals surface area contributed by atoms with Gasteiger partial charge in [-0.05, 0) is 11.5 Å². The van der Waals surface area contributed by atoms with Crippen molar-refractivity contribution < 1.29 is 0 Å². The molecule has 0 saturated heterocycles. The molecular formula is C12H26S8. The van der Waals surface area contributed by atoms with Crippen molar-refractivity contribution in [2.45, 2.75) is 10.5 Å². The Morgan fingerprint density at radius 1 is 0.600 bits per heavy atom. The molecule has 0 amide bonds. The molecule has 0 rings (SSSR count). The van der Waals surface area contributed by atoms with Gasteiger partial charge in [-0.25, -0.2) is 0 Å². The molecule has 0 aliphatic rings. The standard InChI is InChI=1S/C12H26S8/c13-1-3-19-11(7-15)9-17-5-6-18-10-12(8-16)20-4-2-14/h11-16H,1-10H2. The topological polar surface area (TPSA) is 0 Å². The Morgan fingerprint density at radius 3 is 1.30 bits per heavy atom. The molecular weight excluding hydrogens is 401 g/mol. The fourth-order valence-electron chi connectivity index (χ4n) is 1.29. The molecule has 0 N–H and O–H groups in total. The van der Waals surface area contributed by atoms with Gasteiger partial charge in [0.05, 0.1) is 0 Å². The summed E-state index contributed by atoms with van der Waals surface area (Å²) in [5, 5.41) is 1.35. The van der Waals surface area contributed by atoms with Crippen molar-refractivity contribution >= 4 is 97.6 Å². The van der Waals surface area contributed by atoms with E-state index in [4.69, 9.17) is 0 Å². The van der Waals surface area contributed by atoms with E-state index in [1.54, 1.807) is 0 Å². The molecule has 2 atom stereocenters. The molecule has 0 spiro atoms. The monoisotopic (exact) mass is 426 g/mol. The third-order valence-corrected chi connectivity index (χ3v) is 10.1. The minimum Gasteiger partial charge on any atom is -0.179 e. The lowest BCUT2D eigenvalue weighted by Crippen LogP contribution is -2.12. The van der Waals surface area contributed by atoms with Gasteiger partial charge in [0.25, 0.3) is 0 Å². The van der Waals surface area contributed by atoms with E-state index in [1.165, 1.54) is 23.0 Å². The lowest BCUT2D eigenvalue weighted by molar-refractivity contribution is 1.14. The molecule has 122 valence electrons. The van der Waals surface area contributed by atoms with Gasteiger partial charge >= 0.3 is 0 Å². The number of thioether (sulfide) groups is 4. The van der Waals surface area contributed by atoms with Crippen LogP contribution in [0.1, 0.15) is 0 Å². The second-order valence-corrected chi connectivity index (χ2v) is 10.7. The third-order valence-electron chi connectivity index (χ3n) is 2.28. The third kappa shape index (κ3) is 14.4. The maximum Gasteiger partial charge on any atom is 0.0226 e. The number of hydrogen-bond acceptors (Lipinski definition) is 8. The molecule has 2 unspecified atom stereocenters. The molecule has 0 heterocycles. The molecule has 0 aromatic rings. The zero-order valence-electron chi connectivity index (χ0n) is 11.6. The lowest BCUT2D eigenvalue weighted by atomic mass is 10.5. The first kappa shape index (κ1) is 22.8. The highest BCUT2D eigenvalue weighted by atomic mass is 32.2. The summed E-state index contributed by atoms with van der Waals surface area (Å²) in [6.07, 6.45) is 0. The van der Waals surface area contributed by atoms with Crippen LogP contribution in [0.5, 0.6) is 0 Å². The molecule has 0 fully saturated rings. The van der Waals surface area contributed by atoms with E-state index >= 15 is 0 Å². The van der Waals surface area contributed by atoms with Crippen LogP contribution >= 0.6 is 97.6 Å². The van der Waals surface area contributed by atoms with Gasteiger partial charge < -0.3 is 0 Å². The van der Waals surface area contributed by atoms with Crippen LogP contribution in [-0.2, 0) is 0 Å². The summed E-state index contributed by atoms with van der Waals surface area (Å²) in [5.41, 5.74) is 0. The number of hydrogen-bond donors (Lipinski definition) is 4. The average Bonchev–Trinajstić information content (AvgIpc) is 2.48. The van der Waals surface area contributed by atoms with Gasteiger partial charge in [-0.2, -0.15) is 97.6 Å². The maximum absolute atomic E-state index is 4.42. The summed E-state index contributed by atoms with van der Waals surface area (Å²) < 4.78 is 0. The SMILES string of the molecule is SCCSC(CS)CSCCSCC(CS)SCCS. The highest BCUT2D eigenvalue weighted by Crippen LogP contribution is 2.21. The van der Waals surface area contributed by atoms with Gasteiger partial charge in [0.2, 0.25) is 0 Å². The highest BCUT2D eigenvalue weighted by Gasteiger charge is 2.08. The largest absolute Gasteiger partial charge is 0.179 e. The van der Waals surface area contributed by atoms with E-state index in [1.807, 2.05) is 23.5 Å². The Bertz CT molecular complexity index is 172. The summed E-state index contributed by atoms with van der Waals surface area (Å²) in [5.74, 6) is 11.1. The Morgan fingerprint density at radius 2 is 1.00 bits per heavy atom. The van der Waals surface area contributed by atoms with Gasteiger partial charge in [0, 0.05) is 56.5 Å². The van der Waals surface area contributed by atoms with Crippen molar-refractivity contribution in [2.24, 2.45) is 0 Å². The van der Waals surface area contributed by atoms with Crippen LogP contribution in [0, 0.1) is 0 Å².